The molecule has 1 aromatic rings. The lowest BCUT2D eigenvalue weighted by molar-refractivity contribution is -0.150. The minimum atomic E-state index is -0.675. The molecule has 0 saturated heterocycles. The van der Waals surface area contributed by atoms with Gasteiger partial charge in [-0.05, 0) is 24.5 Å². The van der Waals surface area contributed by atoms with Crippen LogP contribution in [-0.4, -0.2) is 18.9 Å². The number of carbonyl (C=O) groups excluding carboxylic acids is 2. The number of rotatable bonds is 3. The molecule has 0 bridgehead atoms. The second-order valence-electron chi connectivity index (χ2n) is 4.75. The lowest BCUT2D eigenvalue weighted by Crippen LogP contribution is -2.34. The molecule has 0 aliphatic heterocycles. The lowest BCUT2D eigenvalue weighted by atomic mass is 9.82. The smallest absolute Gasteiger partial charge is 0.316 e. The zero-order chi connectivity index (χ0) is 13.8. The highest BCUT2D eigenvalue weighted by Gasteiger charge is 2.35. The van der Waals surface area contributed by atoms with E-state index in [2.05, 4.69) is 10.1 Å². The fourth-order valence-corrected chi connectivity index (χ4v) is 2.34. The quantitative estimate of drug-likeness (QED) is 0.669. The fourth-order valence-electron chi connectivity index (χ4n) is 2.34. The Morgan fingerprint density at radius 2 is 2.00 bits per heavy atom. The standard InChI is InChI=1S/C15H17NO3/c1-10-8-12(16-11-6-4-3-5-7-11)9-13(17)14(10)15(18)19-2/h3-7,9-10,14,16H,8H2,1-2H3. The van der Waals surface area contributed by atoms with E-state index in [1.54, 1.807) is 0 Å². The fraction of sp³-hybridized carbons (Fsp3) is 0.333. The van der Waals surface area contributed by atoms with Gasteiger partial charge in [0.2, 0.25) is 0 Å². The van der Waals surface area contributed by atoms with Crippen molar-refractivity contribution in [3.8, 4) is 0 Å². The summed E-state index contributed by atoms with van der Waals surface area (Å²) in [5.41, 5.74) is 1.77. The molecule has 1 aromatic carbocycles. The number of allylic oxidation sites excluding steroid dienone is 2. The Bertz CT molecular complexity index is 507. The highest BCUT2D eigenvalue weighted by atomic mass is 16.5. The highest BCUT2D eigenvalue weighted by Crippen LogP contribution is 2.28. The maximum Gasteiger partial charge on any atom is 0.316 e. The molecule has 0 heterocycles. The van der Waals surface area contributed by atoms with E-state index in [1.165, 1.54) is 13.2 Å². The molecule has 2 rings (SSSR count). The molecule has 0 spiro atoms. The number of carbonyl (C=O) groups is 2. The monoisotopic (exact) mass is 259 g/mol. The third-order valence-electron chi connectivity index (χ3n) is 3.27. The van der Waals surface area contributed by atoms with Crippen molar-refractivity contribution in [3.05, 3.63) is 42.1 Å². The number of ketones is 1. The van der Waals surface area contributed by atoms with Crippen molar-refractivity contribution in [2.24, 2.45) is 11.8 Å². The molecule has 0 radical (unpaired) electrons. The number of methoxy groups -OCH3 is 1. The van der Waals surface area contributed by atoms with Crippen molar-refractivity contribution < 1.29 is 14.3 Å². The molecule has 4 heteroatoms. The molecule has 1 aliphatic carbocycles. The topological polar surface area (TPSA) is 55.4 Å². The molecular formula is C15H17NO3. The third kappa shape index (κ3) is 3.02. The van der Waals surface area contributed by atoms with Gasteiger partial charge >= 0.3 is 5.97 Å². The van der Waals surface area contributed by atoms with E-state index >= 15 is 0 Å². The van der Waals surface area contributed by atoms with Gasteiger partial charge in [0.05, 0.1) is 7.11 Å². The van der Waals surface area contributed by atoms with Gasteiger partial charge in [0.1, 0.15) is 5.92 Å². The summed E-state index contributed by atoms with van der Waals surface area (Å²) in [5, 5.41) is 3.21. The maximum absolute atomic E-state index is 12.0. The van der Waals surface area contributed by atoms with Crippen molar-refractivity contribution in [1.82, 2.24) is 0 Å². The van der Waals surface area contributed by atoms with E-state index in [4.69, 9.17) is 0 Å². The van der Waals surface area contributed by atoms with Crippen molar-refractivity contribution in [3.63, 3.8) is 0 Å². The summed E-state index contributed by atoms with van der Waals surface area (Å²) in [7, 11) is 1.31. The van der Waals surface area contributed by atoms with E-state index in [1.807, 2.05) is 37.3 Å². The summed E-state index contributed by atoms with van der Waals surface area (Å²) in [6, 6.07) is 9.65. The number of anilines is 1. The summed E-state index contributed by atoms with van der Waals surface area (Å²) in [6.45, 7) is 1.89. The Kier molecular flexibility index (Phi) is 4.00. The van der Waals surface area contributed by atoms with Gasteiger partial charge in [-0.3, -0.25) is 9.59 Å². The van der Waals surface area contributed by atoms with E-state index in [0.29, 0.717) is 6.42 Å². The number of para-hydroxylation sites is 1. The van der Waals surface area contributed by atoms with Crippen LogP contribution in [0.4, 0.5) is 5.69 Å². The number of esters is 1. The first-order valence-electron chi connectivity index (χ1n) is 6.26. The average molecular weight is 259 g/mol. The first kappa shape index (κ1) is 13.3. The molecule has 4 nitrogen and oxygen atoms in total. The first-order chi connectivity index (χ1) is 9.11. The Balaban J connectivity index is 2.13. The van der Waals surface area contributed by atoms with Crippen LogP contribution in [0.2, 0.25) is 0 Å². The summed E-state index contributed by atoms with van der Waals surface area (Å²) >= 11 is 0. The van der Waals surface area contributed by atoms with Crippen molar-refractivity contribution in [2.75, 3.05) is 12.4 Å². The van der Waals surface area contributed by atoms with Crippen LogP contribution in [0.15, 0.2) is 42.1 Å². The number of benzene rings is 1. The van der Waals surface area contributed by atoms with Crippen LogP contribution in [0.3, 0.4) is 0 Å². The van der Waals surface area contributed by atoms with Gasteiger partial charge in [0, 0.05) is 17.5 Å². The van der Waals surface area contributed by atoms with Gasteiger partial charge < -0.3 is 10.1 Å². The lowest BCUT2D eigenvalue weighted by Gasteiger charge is -2.26. The zero-order valence-electron chi connectivity index (χ0n) is 11.1. The molecular weight excluding hydrogens is 242 g/mol. The maximum atomic E-state index is 12.0. The average Bonchev–Trinajstić information content (AvgIpc) is 2.38. The van der Waals surface area contributed by atoms with Gasteiger partial charge in [-0.1, -0.05) is 25.1 Å². The number of hydrogen-bond donors (Lipinski definition) is 1. The Morgan fingerprint density at radius 3 is 2.58 bits per heavy atom. The summed E-state index contributed by atoms with van der Waals surface area (Å²) in [4.78, 5) is 23.5. The summed E-state index contributed by atoms with van der Waals surface area (Å²) in [6.07, 6.45) is 2.16. The minimum absolute atomic E-state index is 0.0591. The van der Waals surface area contributed by atoms with E-state index in [9.17, 15) is 9.59 Å². The van der Waals surface area contributed by atoms with Gasteiger partial charge in [0.25, 0.3) is 0 Å². The zero-order valence-corrected chi connectivity index (χ0v) is 11.1. The van der Waals surface area contributed by atoms with Crippen LogP contribution in [0, 0.1) is 11.8 Å². The molecule has 100 valence electrons. The summed E-state index contributed by atoms with van der Waals surface area (Å²) < 4.78 is 4.67. The van der Waals surface area contributed by atoms with Gasteiger partial charge in [0.15, 0.2) is 5.78 Å². The molecule has 19 heavy (non-hydrogen) atoms. The van der Waals surface area contributed by atoms with Crippen molar-refractivity contribution >= 4 is 17.4 Å². The van der Waals surface area contributed by atoms with E-state index < -0.39 is 11.9 Å². The molecule has 0 fully saturated rings. The van der Waals surface area contributed by atoms with E-state index in [-0.39, 0.29) is 11.7 Å². The van der Waals surface area contributed by atoms with Crippen LogP contribution in [0.1, 0.15) is 13.3 Å². The predicted molar refractivity (Wildman–Crippen MR) is 72.4 cm³/mol. The van der Waals surface area contributed by atoms with E-state index in [0.717, 1.165) is 11.4 Å². The minimum Gasteiger partial charge on any atom is -0.468 e. The van der Waals surface area contributed by atoms with Crippen molar-refractivity contribution in [1.29, 1.82) is 0 Å². The molecule has 0 saturated carbocycles. The normalized spacial score (nSPS) is 22.6. The van der Waals surface area contributed by atoms with Crippen LogP contribution < -0.4 is 5.32 Å². The van der Waals surface area contributed by atoms with Crippen LogP contribution >= 0.6 is 0 Å². The second-order valence-corrected chi connectivity index (χ2v) is 4.75. The Hall–Kier alpha value is -2.10. The molecule has 0 aromatic heterocycles. The molecule has 2 atom stereocenters. The molecule has 0 amide bonds. The summed E-state index contributed by atoms with van der Waals surface area (Å²) in [5.74, 6) is -1.38. The predicted octanol–water partition coefficient (Wildman–Crippen LogP) is 2.38. The highest BCUT2D eigenvalue weighted by molar-refractivity contribution is 6.06. The Labute approximate surface area is 112 Å². The third-order valence-corrected chi connectivity index (χ3v) is 3.27. The Morgan fingerprint density at radius 1 is 1.32 bits per heavy atom. The van der Waals surface area contributed by atoms with Crippen LogP contribution in [0.25, 0.3) is 0 Å². The number of nitrogens with one attached hydrogen (secondary N) is 1. The molecule has 1 aliphatic rings. The first-order valence-corrected chi connectivity index (χ1v) is 6.26. The SMILES string of the molecule is COC(=O)C1C(=O)C=C(Nc2ccccc2)CC1C. The number of hydrogen-bond acceptors (Lipinski definition) is 4. The molecule has 1 N–H and O–H groups in total. The van der Waals surface area contributed by atoms with Gasteiger partial charge in [-0.25, -0.2) is 0 Å². The molecule has 2 unspecified atom stereocenters. The van der Waals surface area contributed by atoms with Gasteiger partial charge in [-0.2, -0.15) is 0 Å². The van der Waals surface area contributed by atoms with Crippen LogP contribution in [0.5, 0.6) is 0 Å². The van der Waals surface area contributed by atoms with Crippen LogP contribution in [-0.2, 0) is 14.3 Å². The van der Waals surface area contributed by atoms with Crippen molar-refractivity contribution in [2.45, 2.75) is 13.3 Å². The largest absolute Gasteiger partial charge is 0.468 e. The second kappa shape index (κ2) is 5.69. The number of ether oxygens (including phenoxy) is 1. The van der Waals surface area contributed by atoms with Gasteiger partial charge in [-0.15, -0.1) is 0 Å².